The number of rotatable bonds is 5. The van der Waals surface area contributed by atoms with Gasteiger partial charge in [-0.1, -0.05) is 0 Å². The standard InChI is InChI=1S/C15H17F6NO3/c1-8-2-3-11(25-8)13(24,15(19,20)21)6-12(23)22-7-9-4-10(5-9)14(16,17)18/h2-3,9-10,24H,4-7H2,1H3,(H,22,23). The summed E-state index contributed by atoms with van der Waals surface area (Å²) in [5.74, 6) is -3.68. The summed E-state index contributed by atoms with van der Waals surface area (Å²) in [7, 11) is 0. The van der Waals surface area contributed by atoms with E-state index in [2.05, 4.69) is 5.32 Å². The highest BCUT2D eigenvalue weighted by Gasteiger charge is 2.58. The largest absolute Gasteiger partial charge is 0.463 e. The molecule has 1 fully saturated rings. The fourth-order valence-corrected chi connectivity index (χ4v) is 2.71. The fraction of sp³-hybridized carbons (Fsp3) is 0.667. The Morgan fingerprint density at radius 3 is 2.28 bits per heavy atom. The van der Waals surface area contributed by atoms with E-state index in [9.17, 15) is 36.2 Å². The average Bonchev–Trinajstić information content (AvgIpc) is 2.80. The van der Waals surface area contributed by atoms with Gasteiger partial charge in [0, 0.05) is 6.54 Å². The van der Waals surface area contributed by atoms with Gasteiger partial charge in [-0.05, 0) is 37.8 Å². The minimum absolute atomic E-state index is 0.130. The molecule has 4 nitrogen and oxygen atoms in total. The number of nitrogens with one attached hydrogen (secondary N) is 1. The van der Waals surface area contributed by atoms with Crippen molar-refractivity contribution in [2.45, 2.75) is 44.1 Å². The van der Waals surface area contributed by atoms with Gasteiger partial charge in [0.25, 0.3) is 0 Å². The molecular weight excluding hydrogens is 356 g/mol. The molecule has 1 aromatic rings. The highest BCUT2D eigenvalue weighted by Crippen LogP contribution is 2.45. The van der Waals surface area contributed by atoms with Gasteiger partial charge in [0.05, 0.1) is 12.3 Å². The number of amides is 1. The van der Waals surface area contributed by atoms with Crippen LogP contribution < -0.4 is 5.32 Å². The van der Waals surface area contributed by atoms with Crippen LogP contribution in [0.1, 0.15) is 30.8 Å². The van der Waals surface area contributed by atoms with E-state index in [1.54, 1.807) is 0 Å². The summed E-state index contributed by atoms with van der Waals surface area (Å²) in [6.45, 7) is 1.21. The van der Waals surface area contributed by atoms with E-state index in [4.69, 9.17) is 4.42 Å². The molecule has 0 aromatic carbocycles. The van der Waals surface area contributed by atoms with E-state index in [1.165, 1.54) is 13.0 Å². The third-order valence-electron chi connectivity index (χ3n) is 4.32. The molecular formula is C15H17F6NO3. The highest BCUT2D eigenvalue weighted by molar-refractivity contribution is 5.77. The van der Waals surface area contributed by atoms with Crippen molar-refractivity contribution < 1.29 is 40.7 Å². The first kappa shape index (κ1) is 19.6. The van der Waals surface area contributed by atoms with Crippen molar-refractivity contribution >= 4 is 5.91 Å². The van der Waals surface area contributed by atoms with Gasteiger partial charge in [0.1, 0.15) is 11.5 Å². The molecule has 1 aliphatic carbocycles. The van der Waals surface area contributed by atoms with Crippen LogP contribution in [0.15, 0.2) is 16.5 Å². The van der Waals surface area contributed by atoms with Crippen molar-refractivity contribution in [1.82, 2.24) is 5.32 Å². The second-order valence-electron chi connectivity index (χ2n) is 6.33. The van der Waals surface area contributed by atoms with Crippen LogP contribution >= 0.6 is 0 Å². The maximum atomic E-state index is 13.2. The van der Waals surface area contributed by atoms with Gasteiger partial charge in [-0.15, -0.1) is 0 Å². The van der Waals surface area contributed by atoms with Crippen LogP contribution in [0.2, 0.25) is 0 Å². The van der Waals surface area contributed by atoms with Crippen LogP contribution in [0, 0.1) is 18.8 Å². The summed E-state index contributed by atoms with van der Waals surface area (Å²) >= 11 is 0. The van der Waals surface area contributed by atoms with Crippen molar-refractivity contribution in [3.63, 3.8) is 0 Å². The van der Waals surface area contributed by atoms with E-state index in [0.717, 1.165) is 6.07 Å². The first-order chi connectivity index (χ1) is 11.3. The number of aliphatic hydroxyl groups is 1. The third kappa shape index (κ3) is 4.28. The summed E-state index contributed by atoms with van der Waals surface area (Å²) in [4.78, 5) is 11.8. The predicted octanol–water partition coefficient (Wildman–Crippen LogP) is 3.43. The summed E-state index contributed by atoms with van der Waals surface area (Å²) in [6, 6.07) is 2.14. The Bertz CT molecular complexity index is 618. The molecule has 10 heteroatoms. The summed E-state index contributed by atoms with van der Waals surface area (Å²) < 4.78 is 81.5. The number of carbonyl (C=O) groups excluding carboxylic acids is 1. The molecule has 1 unspecified atom stereocenters. The Morgan fingerprint density at radius 2 is 1.84 bits per heavy atom. The maximum absolute atomic E-state index is 13.2. The third-order valence-corrected chi connectivity index (χ3v) is 4.32. The summed E-state index contributed by atoms with van der Waals surface area (Å²) in [6.07, 6.45) is -11.1. The van der Waals surface area contributed by atoms with Crippen LogP contribution in [0.4, 0.5) is 26.3 Å². The lowest BCUT2D eigenvalue weighted by Gasteiger charge is -2.36. The number of hydrogen-bond acceptors (Lipinski definition) is 3. The second kappa shape index (κ2) is 6.54. The maximum Gasteiger partial charge on any atom is 0.425 e. The van der Waals surface area contributed by atoms with Crippen LogP contribution in [-0.4, -0.2) is 29.9 Å². The molecule has 1 atom stereocenters. The lowest BCUT2D eigenvalue weighted by molar-refractivity contribution is -0.273. The fourth-order valence-electron chi connectivity index (χ4n) is 2.71. The average molecular weight is 373 g/mol. The van der Waals surface area contributed by atoms with E-state index in [0.29, 0.717) is 0 Å². The molecule has 1 aliphatic rings. The number of halogens is 6. The summed E-state index contributed by atoms with van der Waals surface area (Å²) in [5, 5.41) is 12.1. The van der Waals surface area contributed by atoms with Crippen molar-refractivity contribution in [2.24, 2.45) is 11.8 Å². The second-order valence-corrected chi connectivity index (χ2v) is 6.33. The number of aryl methyl sites for hydroxylation is 1. The van der Waals surface area contributed by atoms with Gasteiger partial charge in [-0.25, -0.2) is 0 Å². The van der Waals surface area contributed by atoms with Crippen molar-refractivity contribution in [3.8, 4) is 0 Å². The number of hydrogen-bond donors (Lipinski definition) is 2. The van der Waals surface area contributed by atoms with E-state index in [1.807, 2.05) is 0 Å². The van der Waals surface area contributed by atoms with Crippen LogP contribution in [0.3, 0.4) is 0 Å². The van der Waals surface area contributed by atoms with Gasteiger partial charge in [0.2, 0.25) is 11.5 Å². The first-order valence-electron chi connectivity index (χ1n) is 7.52. The van der Waals surface area contributed by atoms with E-state index >= 15 is 0 Å². The lowest BCUT2D eigenvalue weighted by atomic mass is 9.74. The Kier molecular flexibility index (Phi) is 5.13. The monoisotopic (exact) mass is 373 g/mol. The van der Waals surface area contributed by atoms with E-state index < -0.39 is 47.9 Å². The molecule has 1 saturated carbocycles. The molecule has 2 rings (SSSR count). The minimum Gasteiger partial charge on any atom is -0.463 e. The zero-order chi connectivity index (χ0) is 19.0. The van der Waals surface area contributed by atoms with Gasteiger partial charge in [-0.2, -0.15) is 26.3 Å². The Hall–Kier alpha value is -1.71. The van der Waals surface area contributed by atoms with E-state index in [-0.39, 0.29) is 25.1 Å². The number of furan rings is 1. The van der Waals surface area contributed by atoms with Gasteiger partial charge in [-0.3, -0.25) is 4.79 Å². The molecule has 0 spiro atoms. The van der Waals surface area contributed by atoms with Crippen LogP contribution in [0.25, 0.3) is 0 Å². The van der Waals surface area contributed by atoms with Crippen LogP contribution in [0.5, 0.6) is 0 Å². The Morgan fingerprint density at radius 1 is 1.24 bits per heavy atom. The van der Waals surface area contributed by atoms with Gasteiger partial charge < -0.3 is 14.8 Å². The molecule has 1 heterocycles. The lowest BCUT2D eigenvalue weighted by Crippen LogP contribution is -2.47. The van der Waals surface area contributed by atoms with Crippen molar-refractivity contribution in [2.75, 3.05) is 6.54 Å². The molecule has 0 aliphatic heterocycles. The topological polar surface area (TPSA) is 62.5 Å². The molecule has 1 aromatic heterocycles. The molecule has 0 bridgehead atoms. The smallest absolute Gasteiger partial charge is 0.425 e. The van der Waals surface area contributed by atoms with Gasteiger partial charge in [0.15, 0.2) is 0 Å². The quantitative estimate of drug-likeness (QED) is 0.778. The predicted molar refractivity (Wildman–Crippen MR) is 73.3 cm³/mol. The van der Waals surface area contributed by atoms with Gasteiger partial charge >= 0.3 is 12.4 Å². The molecule has 1 amide bonds. The molecule has 142 valence electrons. The highest BCUT2D eigenvalue weighted by atomic mass is 19.4. The van der Waals surface area contributed by atoms with Crippen molar-refractivity contribution in [1.29, 1.82) is 0 Å². The minimum atomic E-state index is -5.16. The zero-order valence-corrected chi connectivity index (χ0v) is 13.2. The molecule has 2 N–H and O–H groups in total. The molecule has 0 radical (unpaired) electrons. The zero-order valence-electron chi connectivity index (χ0n) is 13.2. The first-order valence-corrected chi connectivity index (χ1v) is 7.52. The SMILES string of the molecule is Cc1ccc(C(O)(CC(=O)NCC2CC(C(F)(F)F)C2)C(F)(F)F)o1. The number of carbonyl (C=O) groups is 1. The molecule has 0 saturated heterocycles. The number of alkyl halides is 6. The summed E-state index contributed by atoms with van der Waals surface area (Å²) in [5.41, 5.74) is -3.50. The molecule has 25 heavy (non-hydrogen) atoms. The van der Waals surface area contributed by atoms with Crippen molar-refractivity contribution in [3.05, 3.63) is 23.7 Å². The Balaban J connectivity index is 1.93. The normalized spacial score (nSPS) is 23.7. The van der Waals surface area contributed by atoms with Crippen LogP contribution in [-0.2, 0) is 10.4 Å². The Labute approximate surface area is 139 Å².